The van der Waals surface area contributed by atoms with Crippen molar-refractivity contribution < 1.29 is 9.83 Å². The molecule has 14 heavy (non-hydrogen) atoms. The summed E-state index contributed by atoms with van der Waals surface area (Å²) < 4.78 is 0. The van der Waals surface area contributed by atoms with Crippen molar-refractivity contribution in [3.63, 3.8) is 0 Å². The highest BCUT2D eigenvalue weighted by Crippen LogP contribution is 2.09. The Morgan fingerprint density at radius 1 is 1.43 bits per heavy atom. The Balaban J connectivity index is 2.89. The largest absolute Gasteiger partial charge is 0.350 e. The molecule has 1 aromatic carbocycles. The Morgan fingerprint density at radius 3 is 2.43 bits per heavy atom. The quantitative estimate of drug-likeness (QED) is 0.535. The molecular weight excluding hydrogens is 188 g/mol. The molecule has 0 aliphatic carbocycles. The summed E-state index contributed by atoms with van der Waals surface area (Å²) in [6.07, 6.45) is 0. The SMILES string of the molecule is NC(=O)NN(c1ccccc1)[N+](=O)[O-]. The molecule has 74 valence electrons. The number of nitro groups is 1. The maximum atomic E-state index is 10.5. The summed E-state index contributed by atoms with van der Waals surface area (Å²) in [6, 6.07) is 6.86. The van der Waals surface area contributed by atoms with E-state index in [4.69, 9.17) is 5.73 Å². The number of amides is 2. The summed E-state index contributed by atoms with van der Waals surface area (Å²) in [5, 5.41) is 10.2. The molecule has 0 fully saturated rings. The van der Waals surface area contributed by atoms with Crippen molar-refractivity contribution in [3.8, 4) is 0 Å². The lowest BCUT2D eigenvalue weighted by molar-refractivity contribution is -0.501. The number of nitrogens with one attached hydrogen (secondary N) is 1. The molecule has 0 aromatic heterocycles. The van der Waals surface area contributed by atoms with Gasteiger partial charge in [0.25, 0.3) is 0 Å². The van der Waals surface area contributed by atoms with Crippen LogP contribution in [0.25, 0.3) is 0 Å². The maximum Gasteiger partial charge on any atom is 0.335 e. The number of nitrogens with two attached hydrogens (primary N) is 1. The minimum Gasteiger partial charge on any atom is -0.350 e. The minimum absolute atomic E-state index is 0.219. The lowest BCUT2D eigenvalue weighted by Crippen LogP contribution is -2.48. The molecule has 0 unspecified atom stereocenters. The lowest BCUT2D eigenvalue weighted by Gasteiger charge is -2.12. The Kier molecular flexibility index (Phi) is 2.85. The Bertz CT molecular complexity index is 340. The molecule has 7 heteroatoms. The Labute approximate surface area is 79.2 Å². The maximum absolute atomic E-state index is 10.5. The van der Waals surface area contributed by atoms with E-state index in [1.54, 1.807) is 18.2 Å². The molecule has 0 radical (unpaired) electrons. The van der Waals surface area contributed by atoms with E-state index in [-0.39, 0.29) is 5.69 Å². The zero-order chi connectivity index (χ0) is 10.6. The molecule has 1 rings (SSSR count). The van der Waals surface area contributed by atoms with Crippen LogP contribution in [-0.2, 0) is 0 Å². The van der Waals surface area contributed by atoms with Gasteiger partial charge >= 0.3 is 6.03 Å². The zero-order valence-corrected chi connectivity index (χ0v) is 7.08. The lowest BCUT2D eigenvalue weighted by atomic mass is 10.3. The molecule has 0 aliphatic rings. The summed E-state index contributed by atoms with van der Waals surface area (Å²) in [5.41, 5.74) is 6.86. The van der Waals surface area contributed by atoms with Crippen LogP contribution < -0.4 is 16.3 Å². The van der Waals surface area contributed by atoms with Crippen LogP contribution >= 0.6 is 0 Å². The van der Waals surface area contributed by atoms with Gasteiger partial charge in [-0.25, -0.2) is 14.9 Å². The van der Waals surface area contributed by atoms with Gasteiger partial charge in [0.15, 0.2) is 5.03 Å². The number of rotatable bonds is 3. The number of carbonyl (C=O) groups excluding carboxylic acids is 1. The molecule has 0 heterocycles. The van der Waals surface area contributed by atoms with Gasteiger partial charge in [0.05, 0.1) is 0 Å². The molecule has 0 saturated heterocycles. The van der Waals surface area contributed by atoms with Gasteiger partial charge in [-0.15, -0.1) is 0 Å². The van der Waals surface area contributed by atoms with E-state index < -0.39 is 11.1 Å². The predicted molar refractivity (Wildman–Crippen MR) is 48.6 cm³/mol. The third-order valence-electron chi connectivity index (χ3n) is 1.38. The van der Waals surface area contributed by atoms with Crippen molar-refractivity contribution in [2.45, 2.75) is 0 Å². The molecule has 0 saturated carbocycles. The number of para-hydroxylation sites is 1. The molecule has 0 aliphatic heterocycles. The second kappa shape index (κ2) is 4.08. The van der Waals surface area contributed by atoms with Crippen LogP contribution in [0.5, 0.6) is 0 Å². The minimum atomic E-state index is -0.995. The summed E-state index contributed by atoms with van der Waals surface area (Å²) in [7, 11) is 0. The van der Waals surface area contributed by atoms with E-state index in [0.29, 0.717) is 5.12 Å². The third kappa shape index (κ3) is 2.34. The van der Waals surface area contributed by atoms with Crippen LogP contribution in [-0.4, -0.2) is 11.1 Å². The Morgan fingerprint density at radius 2 is 2.00 bits per heavy atom. The summed E-state index contributed by atoms with van der Waals surface area (Å²) >= 11 is 0. The monoisotopic (exact) mass is 196 g/mol. The van der Waals surface area contributed by atoms with Crippen LogP contribution in [0.15, 0.2) is 30.3 Å². The van der Waals surface area contributed by atoms with Crippen LogP contribution in [0.3, 0.4) is 0 Å². The van der Waals surface area contributed by atoms with Crippen molar-refractivity contribution in [1.29, 1.82) is 0 Å². The van der Waals surface area contributed by atoms with E-state index in [1.807, 2.05) is 5.43 Å². The smallest absolute Gasteiger partial charge is 0.335 e. The Hall–Kier alpha value is -2.31. The first-order valence-corrected chi connectivity index (χ1v) is 3.67. The molecule has 0 atom stereocenters. The number of carbonyl (C=O) groups is 1. The normalized spacial score (nSPS) is 9.14. The third-order valence-corrected chi connectivity index (χ3v) is 1.38. The highest BCUT2D eigenvalue weighted by Gasteiger charge is 2.17. The average Bonchev–Trinajstić information content (AvgIpc) is 2.15. The predicted octanol–water partition coefficient (Wildman–Crippen LogP) is 0.268. The van der Waals surface area contributed by atoms with Crippen LogP contribution in [0, 0.1) is 10.1 Å². The first-order valence-electron chi connectivity index (χ1n) is 3.67. The summed E-state index contributed by atoms with van der Waals surface area (Å²) in [5.74, 6) is 0. The second-order valence-electron chi connectivity index (χ2n) is 2.36. The highest BCUT2D eigenvalue weighted by atomic mass is 16.7. The molecule has 0 spiro atoms. The van der Waals surface area contributed by atoms with Gasteiger partial charge in [-0.1, -0.05) is 18.2 Å². The van der Waals surface area contributed by atoms with E-state index in [1.165, 1.54) is 12.1 Å². The number of urea groups is 1. The van der Waals surface area contributed by atoms with Crippen molar-refractivity contribution >= 4 is 11.7 Å². The van der Waals surface area contributed by atoms with Gasteiger partial charge < -0.3 is 5.73 Å². The fourth-order valence-corrected chi connectivity index (χ4v) is 0.873. The number of anilines is 1. The van der Waals surface area contributed by atoms with Crippen molar-refractivity contribution in [3.05, 3.63) is 40.4 Å². The van der Waals surface area contributed by atoms with Gasteiger partial charge in [-0.05, 0) is 12.1 Å². The number of hydrogen-bond acceptors (Lipinski definition) is 3. The molecule has 1 aromatic rings. The van der Waals surface area contributed by atoms with Crippen LogP contribution in [0.2, 0.25) is 0 Å². The number of nitrogens with zero attached hydrogens (tertiary/aromatic N) is 2. The van der Waals surface area contributed by atoms with Crippen molar-refractivity contribution in [1.82, 2.24) is 5.43 Å². The number of hydrazine groups is 2. The van der Waals surface area contributed by atoms with Gasteiger partial charge in [0.2, 0.25) is 0 Å². The number of primary amides is 1. The summed E-state index contributed by atoms with van der Waals surface area (Å²) in [4.78, 5) is 20.9. The molecular formula is C7H8N4O3. The molecule has 3 N–H and O–H groups in total. The van der Waals surface area contributed by atoms with Gasteiger partial charge in [0, 0.05) is 5.12 Å². The molecule has 7 nitrogen and oxygen atoms in total. The van der Waals surface area contributed by atoms with Crippen molar-refractivity contribution in [2.75, 3.05) is 5.12 Å². The van der Waals surface area contributed by atoms with Gasteiger partial charge in [0.1, 0.15) is 5.69 Å². The van der Waals surface area contributed by atoms with E-state index in [0.717, 1.165) is 0 Å². The van der Waals surface area contributed by atoms with E-state index in [2.05, 4.69) is 0 Å². The molecule has 0 bridgehead atoms. The topological polar surface area (TPSA) is 102 Å². The zero-order valence-electron chi connectivity index (χ0n) is 7.08. The fourth-order valence-electron chi connectivity index (χ4n) is 0.873. The fraction of sp³-hybridized carbons (Fsp3) is 0. The number of benzene rings is 1. The highest BCUT2D eigenvalue weighted by molar-refractivity contribution is 5.73. The van der Waals surface area contributed by atoms with Crippen LogP contribution in [0.4, 0.5) is 10.5 Å². The van der Waals surface area contributed by atoms with E-state index >= 15 is 0 Å². The first kappa shape index (κ1) is 9.78. The van der Waals surface area contributed by atoms with Crippen molar-refractivity contribution in [2.24, 2.45) is 5.73 Å². The molecule has 2 amide bonds. The second-order valence-corrected chi connectivity index (χ2v) is 2.36. The first-order chi connectivity index (χ1) is 6.61. The van der Waals surface area contributed by atoms with Crippen LogP contribution in [0.1, 0.15) is 0 Å². The number of hydrogen-bond donors (Lipinski definition) is 2. The van der Waals surface area contributed by atoms with Gasteiger partial charge in [-0.2, -0.15) is 5.43 Å². The average molecular weight is 196 g/mol. The van der Waals surface area contributed by atoms with Gasteiger partial charge in [-0.3, -0.25) is 0 Å². The van der Waals surface area contributed by atoms with E-state index in [9.17, 15) is 14.9 Å². The summed E-state index contributed by atoms with van der Waals surface area (Å²) in [6.45, 7) is 0. The standard InChI is InChI=1S/C7H8N4O3/c8-7(12)9-10(11(13)14)6-4-2-1-3-5-6/h1-5H,(H3,8,9,12).